The van der Waals surface area contributed by atoms with Crippen molar-refractivity contribution in [2.75, 3.05) is 20.3 Å². The average Bonchev–Trinajstić information content (AvgIpc) is 2.99. The van der Waals surface area contributed by atoms with Crippen LogP contribution in [-0.4, -0.2) is 46.2 Å². The maximum atomic E-state index is 13.4. The highest BCUT2D eigenvalue weighted by atomic mass is 16.5. The van der Waals surface area contributed by atoms with E-state index in [0.717, 1.165) is 16.7 Å². The maximum Gasteiger partial charge on any atom is 0.341 e. The van der Waals surface area contributed by atoms with E-state index >= 15 is 0 Å². The Morgan fingerprint density at radius 3 is 2.41 bits per heavy atom. The van der Waals surface area contributed by atoms with Gasteiger partial charge < -0.3 is 14.0 Å². The number of carbonyl (C=O) groups excluding carboxylic acids is 2. The number of methoxy groups -OCH3 is 1. The number of ether oxygens (including phenoxy) is 2. The van der Waals surface area contributed by atoms with Crippen molar-refractivity contribution in [2.24, 2.45) is 4.99 Å². The molecule has 0 N–H and O–H groups in total. The minimum Gasteiger partial charge on any atom is -0.462 e. The first kappa shape index (κ1) is 27.7. The summed E-state index contributed by atoms with van der Waals surface area (Å²) >= 11 is 0. The van der Waals surface area contributed by atoms with Crippen molar-refractivity contribution in [3.63, 3.8) is 0 Å². The topological polar surface area (TPSA) is 104 Å². The molecule has 3 aromatic heterocycles. The molecule has 0 unspecified atom stereocenters. The van der Waals surface area contributed by atoms with Crippen molar-refractivity contribution < 1.29 is 19.1 Å². The molecule has 41 heavy (non-hydrogen) atoms. The maximum absolute atomic E-state index is 13.4. The van der Waals surface area contributed by atoms with Crippen LogP contribution in [0.3, 0.4) is 0 Å². The Balaban J connectivity index is 1.63. The Hall–Kier alpha value is -4.89. The van der Waals surface area contributed by atoms with Gasteiger partial charge in [-0.1, -0.05) is 60.7 Å². The third-order valence-corrected chi connectivity index (χ3v) is 6.66. The van der Waals surface area contributed by atoms with E-state index in [9.17, 15) is 14.4 Å². The van der Waals surface area contributed by atoms with Crippen LogP contribution in [0.1, 0.15) is 29.3 Å². The Morgan fingerprint density at radius 1 is 0.951 bits per heavy atom. The van der Waals surface area contributed by atoms with Crippen LogP contribution in [0.5, 0.6) is 0 Å². The summed E-state index contributed by atoms with van der Waals surface area (Å²) < 4.78 is 13.6. The molecule has 0 fully saturated rings. The largest absolute Gasteiger partial charge is 0.462 e. The van der Waals surface area contributed by atoms with Gasteiger partial charge in [-0.05, 0) is 48.2 Å². The number of fused-ring (bicyclic) bond motifs is 2. The lowest BCUT2D eigenvalue weighted by atomic mass is 10.0. The number of benzene rings is 2. The number of esters is 1. The van der Waals surface area contributed by atoms with Crippen LogP contribution >= 0.6 is 0 Å². The molecule has 0 bridgehead atoms. The van der Waals surface area contributed by atoms with Gasteiger partial charge in [-0.3, -0.25) is 14.0 Å². The second-order valence-electron chi connectivity index (χ2n) is 9.43. The molecule has 0 saturated carbocycles. The Labute approximate surface area is 236 Å². The highest BCUT2D eigenvalue weighted by Gasteiger charge is 2.20. The van der Waals surface area contributed by atoms with E-state index in [-0.39, 0.29) is 35.0 Å². The van der Waals surface area contributed by atoms with E-state index in [4.69, 9.17) is 14.5 Å². The third-order valence-electron chi connectivity index (χ3n) is 6.66. The molecule has 5 aromatic rings. The summed E-state index contributed by atoms with van der Waals surface area (Å²) in [4.78, 5) is 49.0. The fourth-order valence-corrected chi connectivity index (χ4v) is 4.71. The number of carbonyl (C=O) groups is 2. The molecule has 0 radical (unpaired) electrons. The second-order valence-corrected chi connectivity index (χ2v) is 9.43. The zero-order valence-corrected chi connectivity index (χ0v) is 22.9. The lowest BCUT2D eigenvalue weighted by molar-refractivity contribution is -0.117. The fourth-order valence-electron chi connectivity index (χ4n) is 4.71. The quantitative estimate of drug-likeness (QED) is 0.155. The molecule has 0 aliphatic rings. The van der Waals surface area contributed by atoms with Gasteiger partial charge in [0.2, 0.25) is 0 Å². The first-order chi connectivity index (χ1) is 20.0. The van der Waals surface area contributed by atoms with E-state index in [1.807, 2.05) is 54.6 Å². The molecule has 9 nitrogen and oxygen atoms in total. The van der Waals surface area contributed by atoms with Gasteiger partial charge in [0.05, 0.1) is 18.4 Å². The normalized spacial score (nSPS) is 11.7. The van der Waals surface area contributed by atoms with Gasteiger partial charge in [-0.15, -0.1) is 0 Å². The van der Waals surface area contributed by atoms with Crippen molar-refractivity contribution in [1.82, 2.24) is 14.0 Å². The molecule has 0 spiro atoms. The molecule has 1 amide bonds. The summed E-state index contributed by atoms with van der Waals surface area (Å²) in [6, 6.07) is 24.3. The van der Waals surface area contributed by atoms with Gasteiger partial charge >= 0.3 is 5.97 Å². The predicted molar refractivity (Wildman–Crippen MR) is 156 cm³/mol. The van der Waals surface area contributed by atoms with E-state index in [1.54, 1.807) is 43.0 Å². The average molecular weight is 551 g/mol. The molecule has 0 aliphatic heterocycles. The van der Waals surface area contributed by atoms with Crippen LogP contribution in [0.15, 0.2) is 94.8 Å². The molecule has 0 atom stereocenters. The minimum atomic E-state index is -0.675. The second kappa shape index (κ2) is 12.5. The zero-order chi connectivity index (χ0) is 28.8. The first-order valence-corrected chi connectivity index (χ1v) is 13.4. The van der Waals surface area contributed by atoms with E-state index in [2.05, 4.69) is 4.99 Å². The van der Waals surface area contributed by atoms with Crippen LogP contribution < -0.4 is 11.0 Å². The first-order valence-electron chi connectivity index (χ1n) is 13.4. The summed E-state index contributed by atoms with van der Waals surface area (Å²) in [6.45, 7) is 2.55. The Bertz CT molecular complexity index is 1840. The molecule has 5 rings (SSSR count). The standard InChI is InChI=1S/C32H30N4O5/c1-3-41-32(39)26-21-25-29(33-27-12-7-8-17-35(27)31(25)38)36(18-9-19-40-2)30(26)34-28(37)20-22-13-15-24(16-14-22)23-10-5-4-6-11-23/h4-8,10-17,21H,3,9,18-20H2,1-2H3. The van der Waals surface area contributed by atoms with Crippen molar-refractivity contribution in [3.05, 3.63) is 112 Å². The van der Waals surface area contributed by atoms with Gasteiger partial charge in [0, 0.05) is 26.5 Å². The van der Waals surface area contributed by atoms with E-state index in [0.29, 0.717) is 30.9 Å². The summed E-state index contributed by atoms with van der Waals surface area (Å²) in [5.74, 6) is -1.12. The van der Waals surface area contributed by atoms with Crippen LogP contribution in [0.25, 0.3) is 27.8 Å². The zero-order valence-electron chi connectivity index (χ0n) is 22.9. The molecule has 208 valence electrons. The van der Waals surface area contributed by atoms with Gasteiger partial charge in [0.25, 0.3) is 11.5 Å². The van der Waals surface area contributed by atoms with Crippen molar-refractivity contribution in [2.45, 2.75) is 26.3 Å². The van der Waals surface area contributed by atoms with Crippen LogP contribution in [-0.2, 0) is 27.2 Å². The highest BCUT2D eigenvalue weighted by molar-refractivity contribution is 5.94. The van der Waals surface area contributed by atoms with Gasteiger partial charge in [0.1, 0.15) is 16.9 Å². The predicted octanol–water partition coefficient (Wildman–Crippen LogP) is 4.20. The Morgan fingerprint density at radius 2 is 1.68 bits per heavy atom. The number of aromatic nitrogens is 3. The summed E-state index contributed by atoms with van der Waals surface area (Å²) in [7, 11) is 1.59. The van der Waals surface area contributed by atoms with Crippen molar-refractivity contribution in [1.29, 1.82) is 0 Å². The van der Waals surface area contributed by atoms with Crippen LogP contribution in [0, 0.1) is 0 Å². The highest BCUT2D eigenvalue weighted by Crippen LogP contribution is 2.19. The number of pyridine rings is 2. The van der Waals surface area contributed by atoms with Crippen molar-refractivity contribution >= 4 is 28.6 Å². The summed E-state index contributed by atoms with van der Waals surface area (Å²) in [5.41, 5.74) is 3.45. The number of rotatable bonds is 9. The van der Waals surface area contributed by atoms with Gasteiger partial charge in [0.15, 0.2) is 5.49 Å². The number of aryl methyl sites for hydroxylation is 1. The smallest absolute Gasteiger partial charge is 0.341 e. The third kappa shape index (κ3) is 6.00. The molecular weight excluding hydrogens is 520 g/mol. The molecule has 0 saturated heterocycles. The minimum absolute atomic E-state index is 0.0272. The molecule has 2 aromatic carbocycles. The lowest BCUT2D eigenvalue weighted by Crippen LogP contribution is -2.33. The summed E-state index contributed by atoms with van der Waals surface area (Å²) in [5, 5.41) is 0.220. The SMILES string of the molecule is CCOC(=O)c1cc2c(=O)n3ccccc3nc2n(CCCOC)c1=NC(=O)Cc1ccc(-c2ccccc2)cc1. The van der Waals surface area contributed by atoms with Gasteiger partial charge in [-0.25, -0.2) is 9.78 Å². The molecule has 0 aliphatic carbocycles. The number of amides is 1. The fraction of sp³-hybridized carbons (Fsp3) is 0.219. The number of hydrogen-bond donors (Lipinski definition) is 0. The monoisotopic (exact) mass is 550 g/mol. The Kier molecular flexibility index (Phi) is 8.45. The lowest BCUT2D eigenvalue weighted by Gasteiger charge is -2.15. The van der Waals surface area contributed by atoms with Crippen molar-refractivity contribution in [3.8, 4) is 11.1 Å². The molecule has 3 heterocycles. The molecular formula is C32H30N4O5. The van der Waals surface area contributed by atoms with E-state index in [1.165, 1.54) is 10.5 Å². The molecule has 9 heteroatoms. The van der Waals surface area contributed by atoms with Gasteiger partial charge in [-0.2, -0.15) is 4.99 Å². The number of nitrogens with zero attached hydrogens (tertiary/aromatic N) is 4. The number of hydrogen-bond acceptors (Lipinski definition) is 6. The van der Waals surface area contributed by atoms with E-state index < -0.39 is 11.9 Å². The van der Waals surface area contributed by atoms with Crippen LogP contribution in [0.2, 0.25) is 0 Å². The summed E-state index contributed by atoms with van der Waals surface area (Å²) in [6.07, 6.45) is 2.19. The van der Waals surface area contributed by atoms with Crippen LogP contribution in [0.4, 0.5) is 0 Å².